The SMILES string of the molecule is Cc1cc(CC(C)(C)C)c(C)c(CC(C)(C)C)c1C. The van der Waals surface area contributed by atoms with E-state index in [1.54, 1.807) is 5.56 Å². The van der Waals surface area contributed by atoms with Gasteiger partial charge in [0.05, 0.1) is 0 Å². The van der Waals surface area contributed by atoms with Crippen molar-refractivity contribution in [2.24, 2.45) is 10.8 Å². The molecule has 0 unspecified atom stereocenters. The van der Waals surface area contributed by atoms with Crippen LogP contribution in [0.2, 0.25) is 0 Å². The van der Waals surface area contributed by atoms with Gasteiger partial charge in [-0.2, -0.15) is 0 Å². The fraction of sp³-hybridized carbons (Fsp3) is 0.684. The zero-order valence-electron chi connectivity index (χ0n) is 14.5. The molecular weight excluding hydrogens is 228 g/mol. The molecule has 0 aliphatic carbocycles. The molecule has 108 valence electrons. The van der Waals surface area contributed by atoms with Crippen LogP contribution in [0.25, 0.3) is 0 Å². The molecule has 0 amide bonds. The van der Waals surface area contributed by atoms with Crippen molar-refractivity contribution in [2.45, 2.75) is 75.2 Å². The van der Waals surface area contributed by atoms with E-state index in [0.29, 0.717) is 10.8 Å². The van der Waals surface area contributed by atoms with Crippen molar-refractivity contribution in [1.29, 1.82) is 0 Å². The molecule has 0 N–H and O–H groups in total. The lowest BCUT2D eigenvalue weighted by Crippen LogP contribution is -2.16. The van der Waals surface area contributed by atoms with Crippen molar-refractivity contribution in [3.8, 4) is 0 Å². The standard InChI is InChI=1S/C19H32/c1-13-10-16(11-18(4,5)6)15(3)17(14(13)2)12-19(7,8)9/h10H,11-12H2,1-9H3. The molecule has 0 radical (unpaired) electrons. The van der Waals surface area contributed by atoms with E-state index in [2.05, 4.69) is 68.4 Å². The van der Waals surface area contributed by atoms with Crippen LogP contribution in [0.3, 0.4) is 0 Å². The highest BCUT2D eigenvalue weighted by Gasteiger charge is 2.20. The fourth-order valence-corrected chi connectivity index (χ4v) is 2.74. The van der Waals surface area contributed by atoms with Crippen LogP contribution in [-0.4, -0.2) is 0 Å². The van der Waals surface area contributed by atoms with E-state index in [4.69, 9.17) is 0 Å². The van der Waals surface area contributed by atoms with Gasteiger partial charge in [-0.15, -0.1) is 0 Å². The molecule has 0 aliphatic rings. The number of rotatable bonds is 2. The summed E-state index contributed by atoms with van der Waals surface area (Å²) in [6, 6.07) is 2.40. The summed E-state index contributed by atoms with van der Waals surface area (Å²) >= 11 is 0. The molecule has 0 aliphatic heterocycles. The van der Waals surface area contributed by atoms with Gasteiger partial charge in [-0.3, -0.25) is 0 Å². The summed E-state index contributed by atoms with van der Waals surface area (Å²) in [5.41, 5.74) is 8.28. The molecule has 0 atom stereocenters. The highest BCUT2D eigenvalue weighted by molar-refractivity contribution is 5.45. The Morgan fingerprint density at radius 3 is 1.63 bits per heavy atom. The molecule has 1 aromatic carbocycles. The summed E-state index contributed by atoms with van der Waals surface area (Å²) < 4.78 is 0. The lowest BCUT2D eigenvalue weighted by Gasteiger charge is -2.26. The first-order chi connectivity index (χ1) is 8.41. The Kier molecular flexibility index (Phi) is 4.55. The van der Waals surface area contributed by atoms with Crippen molar-refractivity contribution in [3.05, 3.63) is 33.9 Å². The first kappa shape index (κ1) is 16.3. The number of benzene rings is 1. The average Bonchev–Trinajstić information content (AvgIpc) is 2.17. The third kappa shape index (κ3) is 4.67. The Labute approximate surface area is 120 Å². The molecule has 0 spiro atoms. The van der Waals surface area contributed by atoms with E-state index in [1.165, 1.54) is 28.7 Å². The fourth-order valence-electron chi connectivity index (χ4n) is 2.74. The first-order valence-corrected chi connectivity index (χ1v) is 7.49. The van der Waals surface area contributed by atoms with Gasteiger partial charge in [0.1, 0.15) is 0 Å². The van der Waals surface area contributed by atoms with Crippen LogP contribution in [0.1, 0.15) is 69.4 Å². The van der Waals surface area contributed by atoms with E-state index in [1.807, 2.05) is 0 Å². The summed E-state index contributed by atoms with van der Waals surface area (Å²) in [5, 5.41) is 0. The maximum Gasteiger partial charge on any atom is -0.0224 e. The summed E-state index contributed by atoms with van der Waals surface area (Å²) in [5.74, 6) is 0. The van der Waals surface area contributed by atoms with Crippen LogP contribution in [0.15, 0.2) is 6.07 Å². The lowest BCUT2D eigenvalue weighted by atomic mass is 9.79. The number of hydrogen-bond acceptors (Lipinski definition) is 0. The lowest BCUT2D eigenvalue weighted by molar-refractivity contribution is 0.403. The normalized spacial score (nSPS) is 12.9. The van der Waals surface area contributed by atoms with Crippen molar-refractivity contribution in [2.75, 3.05) is 0 Å². The summed E-state index contributed by atoms with van der Waals surface area (Å²) in [6.07, 6.45) is 2.33. The van der Waals surface area contributed by atoms with E-state index in [0.717, 1.165) is 6.42 Å². The van der Waals surface area contributed by atoms with Crippen LogP contribution in [-0.2, 0) is 12.8 Å². The van der Waals surface area contributed by atoms with Gasteiger partial charge in [0.25, 0.3) is 0 Å². The van der Waals surface area contributed by atoms with Gasteiger partial charge < -0.3 is 0 Å². The predicted molar refractivity (Wildman–Crippen MR) is 87.0 cm³/mol. The second kappa shape index (κ2) is 5.31. The van der Waals surface area contributed by atoms with Crippen LogP contribution in [0.4, 0.5) is 0 Å². The summed E-state index contributed by atoms with van der Waals surface area (Å²) in [7, 11) is 0. The third-order valence-electron chi connectivity index (χ3n) is 3.80. The largest absolute Gasteiger partial charge is 0.0599 e. The molecule has 1 aromatic rings. The zero-order valence-corrected chi connectivity index (χ0v) is 14.5. The minimum Gasteiger partial charge on any atom is -0.0599 e. The molecule has 0 nitrogen and oxygen atoms in total. The first-order valence-electron chi connectivity index (χ1n) is 7.49. The molecule has 0 saturated carbocycles. The van der Waals surface area contributed by atoms with Crippen molar-refractivity contribution in [3.63, 3.8) is 0 Å². The highest BCUT2D eigenvalue weighted by Crippen LogP contribution is 2.32. The molecule has 0 fully saturated rings. The Morgan fingerprint density at radius 1 is 0.737 bits per heavy atom. The van der Waals surface area contributed by atoms with Gasteiger partial charge in [0.15, 0.2) is 0 Å². The zero-order chi connectivity index (χ0) is 15.0. The molecule has 0 saturated heterocycles. The predicted octanol–water partition coefficient (Wildman–Crippen LogP) is 5.79. The van der Waals surface area contributed by atoms with E-state index >= 15 is 0 Å². The Bertz CT molecular complexity index is 450. The minimum atomic E-state index is 0.350. The minimum absolute atomic E-state index is 0.350. The molecule has 0 bridgehead atoms. The molecule has 0 heteroatoms. The van der Waals surface area contributed by atoms with E-state index < -0.39 is 0 Å². The molecule has 1 rings (SSSR count). The van der Waals surface area contributed by atoms with E-state index in [9.17, 15) is 0 Å². The van der Waals surface area contributed by atoms with Gasteiger partial charge >= 0.3 is 0 Å². The maximum atomic E-state index is 2.40. The Morgan fingerprint density at radius 2 is 1.21 bits per heavy atom. The molecule has 0 heterocycles. The Hall–Kier alpha value is -0.780. The van der Waals surface area contributed by atoms with Crippen LogP contribution >= 0.6 is 0 Å². The average molecular weight is 260 g/mol. The molecular formula is C19H32. The quantitative estimate of drug-likeness (QED) is 0.631. The number of aryl methyl sites for hydroxylation is 1. The van der Waals surface area contributed by atoms with Gasteiger partial charge in [-0.05, 0) is 72.3 Å². The number of hydrogen-bond donors (Lipinski definition) is 0. The maximum absolute atomic E-state index is 2.40. The van der Waals surface area contributed by atoms with Crippen LogP contribution < -0.4 is 0 Å². The topological polar surface area (TPSA) is 0 Å². The van der Waals surface area contributed by atoms with Gasteiger partial charge in [-0.25, -0.2) is 0 Å². The second-order valence-corrected chi connectivity index (χ2v) is 8.56. The van der Waals surface area contributed by atoms with Gasteiger partial charge in [0, 0.05) is 0 Å². The monoisotopic (exact) mass is 260 g/mol. The highest BCUT2D eigenvalue weighted by atomic mass is 14.2. The van der Waals surface area contributed by atoms with E-state index in [-0.39, 0.29) is 0 Å². The van der Waals surface area contributed by atoms with Crippen molar-refractivity contribution in [1.82, 2.24) is 0 Å². The smallest absolute Gasteiger partial charge is 0.0224 e. The molecule has 0 aromatic heterocycles. The van der Waals surface area contributed by atoms with Gasteiger partial charge in [0.2, 0.25) is 0 Å². The van der Waals surface area contributed by atoms with Crippen LogP contribution in [0, 0.1) is 31.6 Å². The second-order valence-electron chi connectivity index (χ2n) is 8.56. The summed E-state index contributed by atoms with van der Waals surface area (Å²) in [6.45, 7) is 20.8. The van der Waals surface area contributed by atoms with Crippen molar-refractivity contribution < 1.29 is 0 Å². The van der Waals surface area contributed by atoms with Crippen molar-refractivity contribution >= 4 is 0 Å². The third-order valence-corrected chi connectivity index (χ3v) is 3.80. The van der Waals surface area contributed by atoms with Crippen LogP contribution in [0.5, 0.6) is 0 Å². The Balaban J connectivity index is 3.30. The molecule has 19 heavy (non-hydrogen) atoms. The van der Waals surface area contributed by atoms with Gasteiger partial charge in [-0.1, -0.05) is 47.6 Å². The summed E-state index contributed by atoms with van der Waals surface area (Å²) in [4.78, 5) is 0.